The molecule has 0 bridgehead atoms. The summed E-state index contributed by atoms with van der Waals surface area (Å²) >= 11 is 1.01. The van der Waals surface area contributed by atoms with Gasteiger partial charge in [-0.05, 0) is 114 Å². The van der Waals surface area contributed by atoms with Crippen LogP contribution in [-0.4, -0.2) is 53.6 Å². The molecule has 0 saturated carbocycles. The molecule has 5 aromatic rings. The zero-order chi connectivity index (χ0) is 44.5. The second kappa shape index (κ2) is 19.8. The van der Waals surface area contributed by atoms with E-state index in [9.17, 15) is 23.0 Å². The molecule has 64 heavy (non-hydrogen) atoms. The summed E-state index contributed by atoms with van der Waals surface area (Å²) < 4.78 is 42.3. The predicted molar refractivity (Wildman–Crippen MR) is 252 cm³/mol. The summed E-state index contributed by atoms with van der Waals surface area (Å²) in [4.78, 5) is 14.6. The van der Waals surface area contributed by atoms with Gasteiger partial charge in [0, 0.05) is 76.6 Å². The smallest absolute Gasteiger partial charge is 0.748 e. The molecule has 1 aliphatic carbocycles. The monoisotopic (exact) mass is 904 g/mol. The Kier molecular flexibility index (Phi) is 14.8. The molecule has 0 spiro atoms. The average Bonchev–Trinajstić information content (AvgIpc) is 3.62. The van der Waals surface area contributed by atoms with Gasteiger partial charge in [0.15, 0.2) is 11.5 Å². The fourth-order valence-electron chi connectivity index (χ4n) is 10.1. The van der Waals surface area contributed by atoms with Crippen molar-refractivity contribution in [1.82, 2.24) is 0 Å². The van der Waals surface area contributed by atoms with Crippen molar-refractivity contribution in [1.29, 1.82) is 0 Å². The number of ketones is 1. The SMILES string of the molecule is CC(=O)c1ccc(C2=C(/C=C/C3=[N+](CCCSOO[O-])c4ccc5ccccc5c4C3(C)C)CCC/C2=C\C=C2\N(CCCS(=O)(=O)[O-])c3ccc4ccccc4c3C2(C)C)cc1.[Na+]. The molecule has 0 aromatic heterocycles. The Morgan fingerprint density at radius 2 is 1.50 bits per heavy atom. The molecule has 8 rings (SSSR count). The minimum atomic E-state index is -4.38. The number of nitrogens with zero attached hydrogens (tertiary/aromatic N) is 2. The van der Waals surface area contributed by atoms with E-state index < -0.39 is 21.3 Å². The molecular weight excluding hydrogens is 852 g/mol. The second-order valence-corrected chi connectivity index (χ2v) is 20.0. The minimum Gasteiger partial charge on any atom is -0.748 e. The largest absolute Gasteiger partial charge is 1.00 e. The summed E-state index contributed by atoms with van der Waals surface area (Å²) in [7, 11) is -4.38. The first-order chi connectivity index (χ1) is 30.2. The van der Waals surface area contributed by atoms with Crippen LogP contribution in [0, 0.1) is 0 Å². The number of hydrogen-bond acceptors (Lipinski definition) is 9. The number of benzene rings is 5. The number of rotatable bonds is 15. The molecule has 326 valence electrons. The fourth-order valence-corrected chi connectivity index (χ4v) is 11.0. The van der Waals surface area contributed by atoms with Gasteiger partial charge in [0.2, 0.25) is 5.69 Å². The van der Waals surface area contributed by atoms with Gasteiger partial charge in [-0.15, -0.1) is 0 Å². The van der Waals surface area contributed by atoms with Gasteiger partial charge in [-0.3, -0.25) is 9.83 Å². The molecule has 2 heterocycles. The van der Waals surface area contributed by atoms with Crippen LogP contribution in [0.2, 0.25) is 0 Å². The van der Waals surface area contributed by atoms with Crippen molar-refractivity contribution >= 4 is 72.1 Å². The molecule has 0 atom stereocenters. The van der Waals surface area contributed by atoms with E-state index in [4.69, 9.17) is 0 Å². The molecule has 0 amide bonds. The summed E-state index contributed by atoms with van der Waals surface area (Å²) in [6, 6.07) is 33.4. The summed E-state index contributed by atoms with van der Waals surface area (Å²) in [5, 5.41) is 18.8. The number of fused-ring (bicyclic) bond motifs is 6. The van der Waals surface area contributed by atoms with Crippen molar-refractivity contribution in [2.45, 2.75) is 77.6 Å². The van der Waals surface area contributed by atoms with Crippen LogP contribution >= 0.6 is 12.0 Å². The molecule has 0 unspecified atom stereocenters. The Morgan fingerprint density at radius 1 is 0.828 bits per heavy atom. The average molecular weight is 905 g/mol. The normalized spacial score (nSPS) is 18.1. The zero-order valence-corrected chi connectivity index (χ0v) is 41.1. The van der Waals surface area contributed by atoms with E-state index in [1.807, 2.05) is 24.3 Å². The van der Waals surface area contributed by atoms with Crippen molar-refractivity contribution in [2.75, 3.05) is 29.5 Å². The van der Waals surface area contributed by atoms with Gasteiger partial charge in [-0.1, -0.05) is 105 Å². The van der Waals surface area contributed by atoms with Crippen molar-refractivity contribution in [3.05, 3.63) is 160 Å². The number of Topliss-reactive ketones (excluding diaryl/α,β-unsaturated/α-hetero) is 1. The quantitative estimate of drug-likeness (QED) is 0.0153. The molecule has 0 saturated heterocycles. The summed E-state index contributed by atoms with van der Waals surface area (Å²) in [5.74, 6) is 0.165. The van der Waals surface area contributed by atoms with Crippen molar-refractivity contribution < 1.29 is 66.5 Å². The molecule has 5 aromatic carbocycles. The topological polar surface area (TPSA) is 122 Å². The molecule has 0 fully saturated rings. The Hall–Kier alpha value is -4.14. The summed E-state index contributed by atoms with van der Waals surface area (Å²) in [6.45, 7) is 11.7. The van der Waals surface area contributed by atoms with Crippen LogP contribution in [0.5, 0.6) is 0 Å². The Balaban J connectivity index is 0.00000612. The molecule has 9 nitrogen and oxygen atoms in total. The maximum absolute atomic E-state index is 12.4. The molecule has 0 N–H and O–H groups in total. The van der Waals surface area contributed by atoms with Crippen LogP contribution in [0.4, 0.5) is 11.4 Å². The Labute approximate surface area is 403 Å². The summed E-state index contributed by atoms with van der Waals surface area (Å²) in [5.41, 5.74) is 11.3. The first-order valence-corrected chi connectivity index (χ1v) is 24.1. The van der Waals surface area contributed by atoms with E-state index in [0.717, 1.165) is 71.0 Å². The zero-order valence-electron chi connectivity index (χ0n) is 37.5. The number of anilines is 1. The molecular formula is C52H53N2NaO7S2. The molecule has 3 aliphatic rings. The second-order valence-electron chi connectivity index (χ2n) is 17.7. The van der Waals surface area contributed by atoms with Crippen LogP contribution in [0.3, 0.4) is 0 Å². The first-order valence-electron chi connectivity index (χ1n) is 21.6. The molecule has 0 radical (unpaired) electrons. The van der Waals surface area contributed by atoms with Crippen molar-refractivity contribution in [3.63, 3.8) is 0 Å². The van der Waals surface area contributed by atoms with Crippen LogP contribution in [0.25, 0.3) is 27.1 Å². The Bertz CT molecular complexity index is 2880. The number of allylic oxidation sites excluding steroid dienone is 8. The van der Waals surface area contributed by atoms with E-state index >= 15 is 0 Å². The van der Waals surface area contributed by atoms with Crippen LogP contribution in [0.1, 0.15) is 93.8 Å². The maximum atomic E-state index is 12.4. The summed E-state index contributed by atoms with van der Waals surface area (Å²) in [6.07, 6.45) is 12.6. The van der Waals surface area contributed by atoms with Gasteiger partial charge < -0.3 is 14.7 Å². The van der Waals surface area contributed by atoms with E-state index in [0.29, 0.717) is 24.4 Å². The number of carbonyl (C=O) groups excluding carboxylic acids is 1. The van der Waals surface area contributed by atoms with Gasteiger partial charge in [-0.2, -0.15) is 8.91 Å². The Morgan fingerprint density at radius 3 is 2.17 bits per heavy atom. The van der Waals surface area contributed by atoms with E-state index in [2.05, 4.69) is 144 Å². The van der Waals surface area contributed by atoms with Crippen LogP contribution < -0.4 is 39.7 Å². The van der Waals surface area contributed by atoms with E-state index in [-0.39, 0.29) is 47.2 Å². The third-order valence-corrected chi connectivity index (χ3v) is 14.4. The van der Waals surface area contributed by atoms with Gasteiger partial charge in [0.25, 0.3) is 0 Å². The molecule has 2 aliphatic heterocycles. The van der Waals surface area contributed by atoms with Crippen molar-refractivity contribution in [2.24, 2.45) is 0 Å². The van der Waals surface area contributed by atoms with Crippen LogP contribution in [-0.2, 0) is 30.3 Å². The van der Waals surface area contributed by atoms with Gasteiger partial charge in [0.1, 0.15) is 6.54 Å². The van der Waals surface area contributed by atoms with Gasteiger partial charge in [0.05, 0.1) is 15.5 Å². The van der Waals surface area contributed by atoms with Gasteiger partial charge >= 0.3 is 29.6 Å². The van der Waals surface area contributed by atoms with Gasteiger partial charge in [-0.25, -0.2) is 8.42 Å². The van der Waals surface area contributed by atoms with Crippen LogP contribution in [0.15, 0.2) is 138 Å². The number of hydrogen-bond donors (Lipinski definition) is 0. The van der Waals surface area contributed by atoms with E-state index in [1.54, 1.807) is 6.92 Å². The predicted octanol–water partition coefficient (Wildman–Crippen LogP) is 7.57. The minimum absolute atomic E-state index is 0. The third-order valence-electron chi connectivity index (χ3n) is 13.0. The molecule has 12 heteroatoms. The fraction of sp³-hybridized carbons (Fsp3) is 0.308. The van der Waals surface area contributed by atoms with E-state index in [1.165, 1.54) is 44.4 Å². The maximum Gasteiger partial charge on any atom is 1.00 e. The van der Waals surface area contributed by atoms with Crippen molar-refractivity contribution in [3.8, 4) is 0 Å². The number of carbonyl (C=O) groups is 1. The first kappa shape index (κ1) is 47.8. The standard InChI is InChI=1S/C52H54N2O7S2.Na/c1-35(55)36-19-21-41(22-20-36)48-39(25-29-46-51(2,3)49-42-17-8-6-13-37(42)23-27-44(49)53(46)31-11-33-62-61-60-56)15-10-16-40(48)26-30-47-52(4,5)50-43-18-9-7-14-38(43)24-28-45(50)54(47)32-12-34-63(57,58)59;/h6-9,13-14,17-30H,10-12,15-16,31-34H2,1-5H3,(H-,56,57,58,59);/q;+1/p-1. The third kappa shape index (κ3) is 9.56.